The number of carboxylic acid groups (broad SMARTS) is 1. The van der Waals surface area contributed by atoms with Crippen LogP contribution in [0.3, 0.4) is 0 Å². The highest BCUT2D eigenvalue weighted by atomic mass is 16.4. The number of amides is 1. The molecule has 0 bridgehead atoms. The van der Waals surface area contributed by atoms with E-state index in [0.717, 1.165) is 5.56 Å². The van der Waals surface area contributed by atoms with Crippen molar-refractivity contribution >= 4 is 22.6 Å². The zero-order valence-electron chi connectivity index (χ0n) is 13.9. The summed E-state index contributed by atoms with van der Waals surface area (Å²) in [6.07, 6.45) is 1.77. The molecular weight excluding hydrogens is 302 g/mol. The van der Waals surface area contributed by atoms with Crippen molar-refractivity contribution in [3.05, 3.63) is 48.0 Å². The number of hydrogen-bond donors (Lipinski definition) is 1. The maximum atomic E-state index is 12.5. The quantitative estimate of drug-likeness (QED) is 0.938. The van der Waals surface area contributed by atoms with Crippen LogP contribution in [0.15, 0.2) is 42.5 Å². The van der Waals surface area contributed by atoms with Crippen molar-refractivity contribution in [3.63, 3.8) is 0 Å². The van der Waals surface area contributed by atoms with E-state index in [2.05, 4.69) is 30.3 Å². The van der Waals surface area contributed by atoms with Crippen LogP contribution in [0.2, 0.25) is 0 Å². The number of hydrogen-bond acceptors (Lipinski definition) is 2. The van der Waals surface area contributed by atoms with E-state index in [1.54, 1.807) is 4.90 Å². The van der Waals surface area contributed by atoms with Crippen molar-refractivity contribution in [2.24, 2.45) is 11.8 Å². The first-order valence-corrected chi connectivity index (χ1v) is 8.51. The fourth-order valence-electron chi connectivity index (χ4n) is 3.54. The van der Waals surface area contributed by atoms with E-state index in [0.29, 0.717) is 32.4 Å². The first kappa shape index (κ1) is 16.5. The molecule has 4 heteroatoms. The summed E-state index contributed by atoms with van der Waals surface area (Å²) < 4.78 is 0. The van der Waals surface area contributed by atoms with Crippen LogP contribution in [-0.2, 0) is 16.0 Å². The van der Waals surface area contributed by atoms with Crippen molar-refractivity contribution in [1.29, 1.82) is 0 Å². The minimum absolute atomic E-state index is 0.0564. The number of likely N-dealkylation sites (tertiary alicyclic amines) is 1. The van der Waals surface area contributed by atoms with Crippen molar-refractivity contribution in [2.45, 2.75) is 26.2 Å². The zero-order valence-corrected chi connectivity index (χ0v) is 13.9. The third-order valence-corrected chi connectivity index (χ3v) is 4.80. The molecule has 24 heavy (non-hydrogen) atoms. The Labute approximate surface area is 142 Å². The van der Waals surface area contributed by atoms with E-state index in [9.17, 15) is 14.7 Å². The van der Waals surface area contributed by atoms with Gasteiger partial charge in [0.1, 0.15) is 0 Å². The topological polar surface area (TPSA) is 57.6 Å². The molecule has 0 aromatic heterocycles. The Bertz CT molecular complexity index is 755. The normalized spacial score (nSPS) is 21.0. The summed E-state index contributed by atoms with van der Waals surface area (Å²) in [5.74, 6) is -0.933. The molecule has 2 aromatic rings. The van der Waals surface area contributed by atoms with Crippen LogP contribution >= 0.6 is 0 Å². The number of carbonyl (C=O) groups is 2. The van der Waals surface area contributed by atoms with Crippen LogP contribution in [-0.4, -0.2) is 35.0 Å². The number of carboxylic acids is 1. The number of benzene rings is 2. The highest BCUT2D eigenvalue weighted by molar-refractivity contribution is 5.83. The Morgan fingerprint density at radius 1 is 1.12 bits per heavy atom. The van der Waals surface area contributed by atoms with Crippen LogP contribution in [0.5, 0.6) is 0 Å². The number of carbonyl (C=O) groups excluding carboxylic acids is 1. The second-order valence-corrected chi connectivity index (χ2v) is 6.86. The first-order chi connectivity index (χ1) is 11.5. The van der Waals surface area contributed by atoms with Gasteiger partial charge in [-0.2, -0.15) is 0 Å². The van der Waals surface area contributed by atoms with Gasteiger partial charge >= 0.3 is 5.97 Å². The summed E-state index contributed by atoms with van der Waals surface area (Å²) in [4.78, 5) is 25.4. The van der Waals surface area contributed by atoms with Crippen LogP contribution in [0.25, 0.3) is 10.8 Å². The Hall–Kier alpha value is -2.36. The van der Waals surface area contributed by atoms with Crippen molar-refractivity contribution < 1.29 is 14.7 Å². The average Bonchev–Trinajstić information content (AvgIpc) is 2.58. The van der Waals surface area contributed by atoms with Crippen molar-refractivity contribution in [3.8, 4) is 0 Å². The summed E-state index contributed by atoms with van der Waals surface area (Å²) in [5.41, 5.74) is 1.14. The maximum absolute atomic E-state index is 12.5. The Morgan fingerprint density at radius 2 is 1.88 bits per heavy atom. The molecule has 1 N–H and O–H groups in total. The Kier molecular flexibility index (Phi) is 4.84. The van der Waals surface area contributed by atoms with Crippen LogP contribution in [0, 0.1) is 11.8 Å². The first-order valence-electron chi connectivity index (χ1n) is 8.51. The lowest BCUT2D eigenvalue weighted by atomic mass is 9.90. The molecule has 126 valence electrons. The predicted molar refractivity (Wildman–Crippen MR) is 93.8 cm³/mol. The summed E-state index contributed by atoms with van der Waals surface area (Å²) in [6.45, 7) is 3.02. The molecule has 1 heterocycles. The van der Waals surface area contributed by atoms with E-state index in [1.807, 2.05) is 19.1 Å². The summed E-state index contributed by atoms with van der Waals surface area (Å²) in [5, 5.41) is 11.6. The minimum atomic E-state index is -0.797. The molecule has 0 radical (unpaired) electrons. The third kappa shape index (κ3) is 3.75. The number of piperidine rings is 1. The third-order valence-electron chi connectivity index (χ3n) is 4.80. The van der Waals surface area contributed by atoms with E-state index in [4.69, 9.17) is 0 Å². The second-order valence-electron chi connectivity index (χ2n) is 6.86. The zero-order chi connectivity index (χ0) is 17.1. The standard InChI is InChI=1S/C20H23NO3/c1-14-10-18(20(23)24)13-21(12-14)19(22)9-7-15-6-8-16-4-2-3-5-17(16)11-15/h2-6,8,11,14,18H,7,9-10,12-13H2,1H3,(H,23,24). The van der Waals surface area contributed by atoms with E-state index >= 15 is 0 Å². The Morgan fingerprint density at radius 3 is 2.62 bits per heavy atom. The molecular formula is C20H23NO3. The van der Waals surface area contributed by atoms with Gasteiger partial charge in [-0.15, -0.1) is 0 Å². The Balaban J connectivity index is 1.62. The van der Waals surface area contributed by atoms with E-state index in [1.165, 1.54) is 10.8 Å². The smallest absolute Gasteiger partial charge is 0.308 e. The lowest BCUT2D eigenvalue weighted by Gasteiger charge is -2.34. The molecule has 4 nitrogen and oxygen atoms in total. The monoisotopic (exact) mass is 325 g/mol. The van der Waals surface area contributed by atoms with Gasteiger partial charge in [-0.05, 0) is 35.1 Å². The van der Waals surface area contributed by atoms with E-state index in [-0.39, 0.29) is 11.8 Å². The molecule has 3 rings (SSSR count). The lowest BCUT2D eigenvalue weighted by molar-refractivity contribution is -0.146. The fraction of sp³-hybridized carbons (Fsp3) is 0.400. The summed E-state index contributed by atoms with van der Waals surface area (Å²) in [6, 6.07) is 14.4. The van der Waals surface area contributed by atoms with E-state index < -0.39 is 11.9 Å². The largest absolute Gasteiger partial charge is 0.481 e. The number of nitrogens with zero attached hydrogens (tertiary/aromatic N) is 1. The molecule has 0 saturated carbocycles. The molecule has 1 saturated heterocycles. The van der Waals surface area contributed by atoms with Gasteiger partial charge in [0, 0.05) is 19.5 Å². The van der Waals surface area contributed by atoms with Gasteiger partial charge in [0.25, 0.3) is 0 Å². The SMILES string of the molecule is CC1CC(C(=O)O)CN(C(=O)CCc2ccc3ccccc3c2)C1. The molecule has 1 aliphatic heterocycles. The van der Waals surface area contributed by atoms with Gasteiger partial charge in [-0.25, -0.2) is 0 Å². The van der Waals surface area contributed by atoms with Gasteiger partial charge in [0.15, 0.2) is 0 Å². The fourth-order valence-corrected chi connectivity index (χ4v) is 3.54. The van der Waals surface area contributed by atoms with Crippen molar-refractivity contribution in [1.82, 2.24) is 4.90 Å². The number of aliphatic carboxylic acids is 1. The molecule has 2 unspecified atom stereocenters. The van der Waals surface area contributed by atoms with Crippen LogP contribution < -0.4 is 0 Å². The summed E-state index contributed by atoms with van der Waals surface area (Å²) >= 11 is 0. The minimum Gasteiger partial charge on any atom is -0.481 e. The second kappa shape index (κ2) is 7.04. The van der Waals surface area contributed by atoms with Gasteiger partial charge in [-0.1, -0.05) is 49.4 Å². The maximum Gasteiger partial charge on any atom is 0.308 e. The molecule has 0 aliphatic carbocycles. The molecule has 2 aromatic carbocycles. The lowest BCUT2D eigenvalue weighted by Crippen LogP contribution is -2.45. The molecule has 1 aliphatic rings. The van der Waals surface area contributed by atoms with Gasteiger partial charge in [0.2, 0.25) is 5.91 Å². The number of fused-ring (bicyclic) bond motifs is 1. The number of aryl methyl sites for hydroxylation is 1. The van der Waals surface area contributed by atoms with Gasteiger partial charge in [-0.3, -0.25) is 9.59 Å². The average molecular weight is 325 g/mol. The molecule has 0 spiro atoms. The molecule has 1 amide bonds. The van der Waals surface area contributed by atoms with Gasteiger partial charge in [0.05, 0.1) is 5.92 Å². The predicted octanol–water partition coefficient (Wildman–Crippen LogP) is 3.34. The van der Waals surface area contributed by atoms with Crippen LogP contribution in [0.1, 0.15) is 25.3 Å². The highest BCUT2D eigenvalue weighted by Gasteiger charge is 2.31. The molecule has 1 fully saturated rings. The number of rotatable bonds is 4. The highest BCUT2D eigenvalue weighted by Crippen LogP contribution is 2.23. The summed E-state index contributed by atoms with van der Waals surface area (Å²) in [7, 11) is 0. The van der Waals surface area contributed by atoms with Crippen molar-refractivity contribution in [2.75, 3.05) is 13.1 Å². The van der Waals surface area contributed by atoms with Crippen LogP contribution in [0.4, 0.5) is 0 Å². The van der Waals surface area contributed by atoms with Gasteiger partial charge < -0.3 is 10.0 Å². The molecule has 2 atom stereocenters.